The van der Waals surface area contributed by atoms with Gasteiger partial charge in [0.05, 0.1) is 11.6 Å². The molecule has 24 heavy (non-hydrogen) atoms. The number of carbonyl (C=O) groups excluding carboxylic acids is 1. The second kappa shape index (κ2) is 6.70. The molecule has 2 aromatic carbocycles. The first kappa shape index (κ1) is 16.6. The highest BCUT2D eigenvalue weighted by molar-refractivity contribution is 9.12. The van der Waals surface area contributed by atoms with Crippen molar-refractivity contribution >= 4 is 21.8 Å². The van der Waals surface area contributed by atoms with Crippen LogP contribution in [0.15, 0.2) is 36.4 Å². The van der Waals surface area contributed by atoms with Gasteiger partial charge < -0.3 is 4.90 Å². The highest BCUT2D eigenvalue weighted by atomic mass is 79.9. The molecule has 6 heteroatoms. The summed E-state index contributed by atoms with van der Waals surface area (Å²) < 4.78 is 41.7. The molecule has 1 aliphatic heterocycles. The number of hydrogen-bond donors (Lipinski definition) is 0. The molecule has 0 spiro atoms. The monoisotopic (exact) mass is 393 g/mol. The fraction of sp³-hybridized carbons (Fsp3) is 0.167. The molecule has 0 radical (unpaired) electrons. The van der Waals surface area contributed by atoms with Gasteiger partial charge in [-0.05, 0) is 34.7 Å². The first-order valence-electron chi connectivity index (χ1n) is 7.14. The number of halogens is 4. The van der Waals surface area contributed by atoms with Crippen LogP contribution in [0, 0.1) is 28.2 Å². The lowest BCUT2D eigenvalue weighted by atomic mass is 10.0. The Kier molecular flexibility index (Phi) is 4.63. The molecule has 1 aliphatic rings. The molecule has 0 bridgehead atoms. The Morgan fingerprint density at radius 2 is 1.96 bits per heavy atom. The van der Waals surface area contributed by atoms with Gasteiger partial charge >= 0.3 is 0 Å². The molecule has 1 unspecified atom stereocenters. The standard InChI is InChI=1S/C18H11BrF3NO/c19-8-2-5-16(13-9-12(20)6-7-14(13)21)23-10-11-3-1-4-15(22)17(11)18(23)24/h1,3-4,6-7,9,16H,5,10H2. The Hall–Kier alpha value is -2.26. The predicted octanol–water partition coefficient (Wildman–Crippen LogP) is 4.55. The Morgan fingerprint density at radius 3 is 2.67 bits per heavy atom. The molecular weight excluding hydrogens is 383 g/mol. The number of carbonyl (C=O) groups is 1. The zero-order valence-electron chi connectivity index (χ0n) is 12.3. The lowest BCUT2D eigenvalue weighted by molar-refractivity contribution is 0.0697. The Balaban J connectivity index is 2.05. The van der Waals surface area contributed by atoms with Gasteiger partial charge in [0.15, 0.2) is 0 Å². The third-order valence-corrected chi connectivity index (χ3v) is 4.25. The minimum absolute atomic E-state index is 0.0202. The summed E-state index contributed by atoms with van der Waals surface area (Å²) in [6, 6.07) is 6.61. The van der Waals surface area contributed by atoms with E-state index in [9.17, 15) is 18.0 Å². The number of amides is 1. The normalized spacial score (nSPS) is 14.2. The first-order valence-corrected chi connectivity index (χ1v) is 7.94. The lowest BCUT2D eigenvalue weighted by Gasteiger charge is -2.27. The smallest absolute Gasteiger partial charge is 0.258 e. The minimum atomic E-state index is -0.815. The molecular formula is C18H11BrF3NO. The van der Waals surface area contributed by atoms with E-state index in [1.165, 1.54) is 17.0 Å². The lowest BCUT2D eigenvalue weighted by Crippen LogP contribution is -2.30. The summed E-state index contributed by atoms with van der Waals surface area (Å²) in [4.78, 5) is 16.4. The number of nitrogens with zero attached hydrogens (tertiary/aromatic N) is 1. The van der Waals surface area contributed by atoms with Crippen LogP contribution in [0.1, 0.15) is 33.9 Å². The molecule has 1 amide bonds. The van der Waals surface area contributed by atoms with Crippen LogP contribution in [-0.4, -0.2) is 10.8 Å². The van der Waals surface area contributed by atoms with Gasteiger partial charge in [0.25, 0.3) is 5.91 Å². The molecule has 2 nitrogen and oxygen atoms in total. The molecule has 0 fully saturated rings. The predicted molar refractivity (Wildman–Crippen MR) is 86.7 cm³/mol. The molecule has 1 heterocycles. The summed E-state index contributed by atoms with van der Waals surface area (Å²) >= 11 is 2.95. The summed E-state index contributed by atoms with van der Waals surface area (Å²) in [5.41, 5.74) is 0.520. The first-order chi connectivity index (χ1) is 11.5. The van der Waals surface area contributed by atoms with E-state index in [-0.39, 0.29) is 24.1 Å². The highest BCUT2D eigenvalue weighted by Crippen LogP contribution is 2.35. The molecule has 0 aromatic heterocycles. The van der Waals surface area contributed by atoms with Crippen LogP contribution in [0.25, 0.3) is 0 Å². The van der Waals surface area contributed by atoms with E-state index in [1.54, 1.807) is 6.07 Å². The van der Waals surface area contributed by atoms with Gasteiger partial charge in [-0.15, -0.1) is 0 Å². The van der Waals surface area contributed by atoms with Crippen molar-refractivity contribution in [2.45, 2.75) is 19.0 Å². The second-order valence-corrected chi connectivity index (χ2v) is 5.76. The van der Waals surface area contributed by atoms with E-state index < -0.39 is 29.4 Å². The van der Waals surface area contributed by atoms with Crippen molar-refractivity contribution in [1.29, 1.82) is 0 Å². The largest absolute Gasteiger partial charge is 0.326 e. The van der Waals surface area contributed by atoms with Crippen LogP contribution in [0.4, 0.5) is 13.2 Å². The molecule has 1 atom stereocenters. The zero-order chi connectivity index (χ0) is 17.3. The fourth-order valence-electron chi connectivity index (χ4n) is 2.88. The van der Waals surface area contributed by atoms with Crippen LogP contribution < -0.4 is 0 Å². The average Bonchev–Trinajstić information content (AvgIpc) is 2.89. The molecule has 0 aliphatic carbocycles. The third-order valence-electron chi connectivity index (χ3n) is 3.97. The van der Waals surface area contributed by atoms with E-state index >= 15 is 0 Å². The number of hydrogen-bond acceptors (Lipinski definition) is 1. The highest BCUT2D eigenvalue weighted by Gasteiger charge is 2.36. The van der Waals surface area contributed by atoms with Crippen molar-refractivity contribution in [1.82, 2.24) is 4.90 Å². The summed E-state index contributed by atoms with van der Waals surface area (Å²) in [5.74, 6) is 0.304. The molecule has 122 valence electrons. The number of benzene rings is 2. The van der Waals surface area contributed by atoms with Crippen molar-refractivity contribution in [2.75, 3.05) is 0 Å². The van der Waals surface area contributed by atoms with Gasteiger partial charge in [-0.1, -0.05) is 18.1 Å². The van der Waals surface area contributed by atoms with Gasteiger partial charge in [-0.2, -0.15) is 0 Å². The molecule has 0 saturated carbocycles. The molecule has 2 aromatic rings. The zero-order valence-corrected chi connectivity index (χ0v) is 13.9. The van der Waals surface area contributed by atoms with E-state index in [0.29, 0.717) is 5.56 Å². The molecule has 0 N–H and O–H groups in total. The Labute approximate surface area is 145 Å². The molecule has 0 saturated heterocycles. The van der Waals surface area contributed by atoms with E-state index in [0.717, 1.165) is 18.2 Å². The quantitative estimate of drug-likeness (QED) is 0.700. The van der Waals surface area contributed by atoms with Gasteiger partial charge in [-0.3, -0.25) is 4.79 Å². The van der Waals surface area contributed by atoms with Crippen LogP contribution in [0.3, 0.4) is 0 Å². The van der Waals surface area contributed by atoms with Crippen molar-refractivity contribution in [3.05, 3.63) is 70.5 Å². The maximum Gasteiger partial charge on any atom is 0.258 e. The van der Waals surface area contributed by atoms with Gasteiger partial charge in [0, 0.05) is 34.5 Å². The second-order valence-electron chi connectivity index (χ2n) is 5.36. The Morgan fingerprint density at radius 1 is 1.17 bits per heavy atom. The summed E-state index contributed by atoms with van der Waals surface area (Å²) in [5, 5.41) is 0. The summed E-state index contributed by atoms with van der Waals surface area (Å²) in [6.45, 7) is 0.122. The third kappa shape index (κ3) is 2.92. The van der Waals surface area contributed by atoms with Crippen molar-refractivity contribution in [3.63, 3.8) is 0 Å². The van der Waals surface area contributed by atoms with Crippen molar-refractivity contribution in [2.24, 2.45) is 0 Å². The van der Waals surface area contributed by atoms with Crippen LogP contribution in [-0.2, 0) is 6.54 Å². The Bertz CT molecular complexity index is 872. The van der Waals surface area contributed by atoms with Gasteiger partial charge in [0.1, 0.15) is 17.5 Å². The van der Waals surface area contributed by atoms with Crippen LogP contribution >= 0.6 is 15.9 Å². The average molecular weight is 394 g/mol. The van der Waals surface area contributed by atoms with E-state index in [2.05, 4.69) is 26.7 Å². The topological polar surface area (TPSA) is 20.3 Å². The van der Waals surface area contributed by atoms with Crippen LogP contribution in [0.2, 0.25) is 0 Å². The number of fused-ring (bicyclic) bond motifs is 1. The fourth-order valence-corrected chi connectivity index (χ4v) is 3.05. The minimum Gasteiger partial charge on any atom is -0.326 e. The SMILES string of the molecule is O=C1c2c(F)cccc2CN1C(CC#CBr)c1cc(F)ccc1F. The molecule has 3 rings (SSSR count). The van der Waals surface area contributed by atoms with E-state index in [4.69, 9.17) is 0 Å². The number of rotatable bonds is 3. The van der Waals surface area contributed by atoms with E-state index in [1.807, 2.05) is 0 Å². The van der Waals surface area contributed by atoms with Gasteiger partial charge in [0.2, 0.25) is 0 Å². The van der Waals surface area contributed by atoms with Crippen molar-refractivity contribution < 1.29 is 18.0 Å². The summed E-state index contributed by atoms with van der Waals surface area (Å²) in [7, 11) is 0. The summed E-state index contributed by atoms with van der Waals surface area (Å²) in [6.07, 6.45) is 0.0902. The van der Waals surface area contributed by atoms with Crippen molar-refractivity contribution in [3.8, 4) is 10.8 Å². The van der Waals surface area contributed by atoms with Crippen LogP contribution in [0.5, 0.6) is 0 Å². The maximum absolute atomic E-state index is 14.2. The van der Waals surface area contributed by atoms with Gasteiger partial charge in [-0.25, -0.2) is 13.2 Å². The maximum atomic E-state index is 14.2.